The van der Waals surface area contributed by atoms with Crippen LogP contribution in [-0.2, 0) is 23.9 Å². The Morgan fingerprint density at radius 3 is 2.12 bits per heavy atom. The topological polar surface area (TPSA) is 117 Å². The molecule has 0 atom stereocenters. The molecule has 238 valence electrons. The number of carbonyl (C=O) groups is 5. The second kappa shape index (κ2) is 11.6. The fraction of sp³-hybridized carbons (Fsp3) is 0.839. The number of carbonyl (C=O) groups excluding carboxylic acids is 5. The summed E-state index contributed by atoms with van der Waals surface area (Å²) in [7, 11) is -1.30. The molecule has 12 heteroatoms. The van der Waals surface area contributed by atoms with Crippen LogP contribution < -0.4 is 0 Å². The first-order chi connectivity index (χ1) is 20.4. The molecule has 3 saturated heterocycles. The van der Waals surface area contributed by atoms with Crippen molar-refractivity contribution in [1.82, 2.24) is 19.6 Å². The summed E-state index contributed by atoms with van der Waals surface area (Å²) in [5.74, 6) is -0.350. The monoisotopic (exact) mass is 616 g/mol. The largest absolute Gasteiger partial charge is 0.381 e. The van der Waals surface area contributed by atoms with Crippen molar-refractivity contribution in [2.45, 2.75) is 108 Å². The Bertz CT molecular complexity index is 1150. The molecule has 6 aliphatic rings. The van der Waals surface area contributed by atoms with Crippen molar-refractivity contribution in [3.8, 4) is 0 Å². The van der Waals surface area contributed by atoms with Gasteiger partial charge in [-0.25, -0.2) is 14.5 Å². The summed E-state index contributed by atoms with van der Waals surface area (Å²) in [4.78, 5) is 72.3. The molecule has 11 nitrogen and oxygen atoms in total. The molecular weight excluding hydrogens is 568 g/mol. The maximum Gasteiger partial charge on any atom is 0.333 e. The normalized spacial score (nSPS) is 32.5. The number of barbiturate groups is 1. The predicted octanol–water partition coefficient (Wildman–Crippen LogP) is 4.04. The Labute approximate surface area is 255 Å². The first-order valence-corrected chi connectivity index (χ1v) is 20.1. The Morgan fingerprint density at radius 2 is 1.51 bits per heavy atom. The van der Waals surface area contributed by atoms with Crippen LogP contribution >= 0.6 is 0 Å². The van der Waals surface area contributed by atoms with Crippen molar-refractivity contribution < 1.29 is 33.4 Å². The summed E-state index contributed by atoms with van der Waals surface area (Å²) in [6, 6.07) is 0.0252. The first-order valence-electron chi connectivity index (χ1n) is 16.4. The van der Waals surface area contributed by atoms with Gasteiger partial charge in [0, 0.05) is 39.7 Å². The number of urea groups is 2. The molecule has 3 saturated carbocycles. The molecule has 6 rings (SSSR count). The van der Waals surface area contributed by atoms with Crippen LogP contribution in [0.25, 0.3) is 0 Å². The fourth-order valence-corrected chi connectivity index (χ4v) is 9.09. The first kappa shape index (κ1) is 30.7. The molecule has 0 aromatic heterocycles. The lowest BCUT2D eigenvalue weighted by atomic mass is 9.51. The van der Waals surface area contributed by atoms with E-state index in [0.717, 1.165) is 44.6 Å². The highest BCUT2D eigenvalue weighted by Crippen LogP contribution is 2.61. The average molecular weight is 617 g/mol. The van der Waals surface area contributed by atoms with Crippen LogP contribution in [0.3, 0.4) is 0 Å². The average Bonchev–Trinajstić information content (AvgIpc) is 3.48. The zero-order valence-corrected chi connectivity index (χ0v) is 27.1. The highest BCUT2D eigenvalue weighted by molar-refractivity contribution is 6.76. The summed E-state index contributed by atoms with van der Waals surface area (Å²) in [5, 5.41) is 0. The second-order valence-electron chi connectivity index (χ2n) is 15.4. The van der Waals surface area contributed by atoms with Crippen molar-refractivity contribution in [3.05, 3.63) is 0 Å². The minimum Gasteiger partial charge on any atom is -0.381 e. The van der Waals surface area contributed by atoms with Gasteiger partial charge in [-0.3, -0.25) is 24.2 Å². The van der Waals surface area contributed by atoms with Crippen LogP contribution in [0.4, 0.5) is 9.59 Å². The van der Waals surface area contributed by atoms with Gasteiger partial charge in [0.1, 0.15) is 18.7 Å². The Hall–Kier alpha value is -2.31. The molecule has 43 heavy (non-hydrogen) atoms. The van der Waals surface area contributed by atoms with Crippen LogP contribution in [0, 0.1) is 17.3 Å². The molecule has 2 spiro atoms. The van der Waals surface area contributed by atoms with Crippen LogP contribution in [0.2, 0.25) is 25.7 Å². The molecule has 0 bridgehead atoms. The number of imide groups is 3. The number of rotatable bonds is 10. The van der Waals surface area contributed by atoms with E-state index in [0.29, 0.717) is 64.5 Å². The van der Waals surface area contributed by atoms with Crippen LogP contribution in [0.15, 0.2) is 0 Å². The third-order valence-corrected chi connectivity index (χ3v) is 12.6. The smallest absolute Gasteiger partial charge is 0.333 e. The van der Waals surface area contributed by atoms with Crippen molar-refractivity contribution in [2.75, 3.05) is 39.6 Å². The Morgan fingerprint density at radius 1 is 0.837 bits per heavy atom. The zero-order valence-electron chi connectivity index (χ0n) is 26.1. The van der Waals surface area contributed by atoms with E-state index < -0.39 is 19.6 Å². The molecule has 3 aliphatic heterocycles. The van der Waals surface area contributed by atoms with Crippen molar-refractivity contribution in [2.24, 2.45) is 17.3 Å². The third kappa shape index (κ3) is 5.79. The van der Waals surface area contributed by atoms with Gasteiger partial charge in [0.25, 0.3) is 5.91 Å². The quantitative estimate of drug-likeness (QED) is 0.157. The van der Waals surface area contributed by atoms with Crippen LogP contribution in [-0.4, -0.2) is 109 Å². The lowest BCUT2D eigenvalue weighted by Crippen LogP contribution is -2.66. The summed E-state index contributed by atoms with van der Waals surface area (Å²) in [6.45, 7) is 9.47. The molecule has 0 aromatic rings. The SMILES string of the molecule is C[Si](C)(C)CCOCN1C(=O)N(CC2COC2)C2(CC3(CCC(N4C(=O)CC(=O)N(CC5CCCC5)C4=O)CC3)C2)C1=O. The Balaban J connectivity index is 1.09. The van der Waals surface area contributed by atoms with Crippen molar-refractivity contribution >= 4 is 37.9 Å². The van der Waals surface area contributed by atoms with Gasteiger partial charge in [-0.15, -0.1) is 0 Å². The van der Waals surface area contributed by atoms with E-state index in [4.69, 9.17) is 9.47 Å². The molecule has 3 aliphatic carbocycles. The van der Waals surface area contributed by atoms with Crippen molar-refractivity contribution in [1.29, 1.82) is 0 Å². The number of hydrogen-bond acceptors (Lipinski definition) is 7. The highest BCUT2D eigenvalue weighted by Gasteiger charge is 2.69. The summed E-state index contributed by atoms with van der Waals surface area (Å²) in [5.41, 5.74) is -0.945. The van der Waals surface area contributed by atoms with Gasteiger partial charge >= 0.3 is 12.1 Å². The third-order valence-electron chi connectivity index (χ3n) is 10.9. The number of nitrogens with zero attached hydrogens (tertiary/aromatic N) is 4. The van der Waals surface area contributed by atoms with Gasteiger partial charge < -0.3 is 14.4 Å². The molecule has 6 fully saturated rings. The minimum absolute atomic E-state index is 0.00804. The fourth-order valence-electron chi connectivity index (χ4n) is 8.33. The second-order valence-corrected chi connectivity index (χ2v) is 21.0. The lowest BCUT2D eigenvalue weighted by Gasteiger charge is -2.59. The molecule has 0 aromatic carbocycles. The van der Waals surface area contributed by atoms with E-state index >= 15 is 0 Å². The van der Waals surface area contributed by atoms with E-state index in [2.05, 4.69) is 19.6 Å². The predicted molar refractivity (Wildman–Crippen MR) is 159 cm³/mol. The highest BCUT2D eigenvalue weighted by atomic mass is 28.3. The maximum atomic E-state index is 13.9. The zero-order chi connectivity index (χ0) is 30.6. The van der Waals surface area contributed by atoms with E-state index in [1.165, 1.54) is 14.7 Å². The molecule has 7 amide bonds. The summed E-state index contributed by atoms with van der Waals surface area (Å²) in [6.07, 6.45) is 8.12. The van der Waals surface area contributed by atoms with Gasteiger partial charge in [0.05, 0.1) is 13.2 Å². The van der Waals surface area contributed by atoms with Gasteiger partial charge in [-0.2, -0.15) is 0 Å². The molecule has 0 radical (unpaired) electrons. The standard InChI is InChI=1S/C31H48N4O7Si/c1-43(2,3)13-12-41-21-33-27(38)31(34(28(33)39)16-23-17-42-18-23)19-30(20-31)10-8-24(9-11-30)35-26(37)14-25(36)32(29(35)40)15-22-6-4-5-7-22/h22-24H,4-21H2,1-3H3. The number of amides is 7. The van der Waals surface area contributed by atoms with Gasteiger partial charge in [0.15, 0.2) is 0 Å². The molecule has 0 unspecified atom stereocenters. The number of hydrogen-bond donors (Lipinski definition) is 0. The van der Waals surface area contributed by atoms with Crippen LogP contribution in [0.5, 0.6) is 0 Å². The summed E-state index contributed by atoms with van der Waals surface area (Å²) < 4.78 is 11.2. The Kier molecular flexibility index (Phi) is 8.25. The van der Waals surface area contributed by atoms with E-state index in [9.17, 15) is 24.0 Å². The van der Waals surface area contributed by atoms with Gasteiger partial charge in [0.2, 0.25) is 11.8 Å². The van der Waals surface area contributed by atoms with Crippen molar-refractivity contribution in [3.63, 3.8) is 0 Å². The van der Waals surface area contributed by atoms with Gasteiger partial charge in [-0.05, 0) is 68.7 Å². The van der Waals surface area contributed by atoms with E-state index in [-0.39, 0.29) is 54.3 Å². The molecule has 3 heterocycles. The van der Waals surface area contributed by atoms with Crippen LogP contribution in [0.1, 0.15) is 70.6 Å². The molecular formula is C31H48N4O7Si. The van der Waals surface area contributed by atoms with Gasteiger partial charge in [-0.1, -0.05) is 32.5 Å². The van der Waals surface area contributed by atoms with E-state index in [1.54, 1.807) is 4.90 Å². The number of ether oxygens (including phenoxy) is 2. The minimum atomic E-state index is -1.30. The summed E-state index contributed by atoms with van der Waals surface area (Å²) >= 11 is 0. The molecule has 0 N–H and O–H groups in total. The maximum absolute atomic E-state index is 13.9. The van der Waals surface area contributed by atoms with E-state index in [1.807, 2.05) is 0 Å². The lowest BCUT2D eigenvalue weighted by molar-refractivity contribution is -0.156.